The molecule has 0 bridgehead atoms. The number of ether oxygens (including phenoxy) is 1. The van der Waals surface area contributed by atoms with Gasteiger partial charge in [0.25, 0.3) is 0 Å². The van der Waals surface area contributed by atoms with Crippen molar-refractivity contribution in [1.29, 1.82) is 0 Å². The van der Waals surface area contributed by atoms with Crippen molar-refractivity contribution < 1.29 is 18.4 Å². The number of pyridine rings is 1. The predicted molar refractivity (Wildman–Crippen MR) is 107 cm³/mol. The summed E-state index contributed by atoms with van der Waals surface area (Å²) in [6.07, 6.45) is 3.49. The molecular weight excluding hydrogens is 346 g/mol. The molecule has 1 aromatic heterocycles. The topological polar surface area (TPSA) is 43.8 Å². The Bertz CT molecular complexity index is 591. The molecule has 2 fully saturated rings. The highest BCUT2D eigenvalue weighted by Gasteiger charge is 2.52. The molecule has 5 nitrogen and oxygen atoms in total. The average Bonchev–Trinajstić information content (AvgIpc) is 3.19. The normalized spacial score (nSPS) is 21.1. The molecule has 152 valence electrons. The highest BCUT2D eigenvalue weighted by Crippen LogP contribution is 2.36. The van der Waals surface area contributed by atoms with E-state index in [4.69, 9.17) is 14.0 Å². The van der Waals surface area contributed by atoms with Crippen LogP contribution in [0.15, 0.2) is 12.1 Å². The van der Waals surface area contributed by atoms with Gasteiger partial charge in [-0.1, -0.05) is 19.9 Å². The van der Waals surface area contributed by atoms with E-state index in [0.717, 1.165) is 13.0 Å². The molecule has 0 spiro atoms. The van der Waals surface area contributed by atoms with Gasteiger partial charge in [-0.25, -0.2) is 0 Å². The summed E-state index contributed by atoms with van der Waals surface area (Å²) in [5, 5.41) is 0. The molecule has 0 atom stereocenters. The van der Waals surface area contributed by atoms with Crippen LogP contribution in [0.3, 0.4) is 0 Å². The maximum atomic E-state index is 14.4. The fourth-order valence-electron chi connectivity index (χ4n) is 3.13. The maximum absolute atomic E-state index is 14.4. The van der Waals surface area contributed by atoms with Crippen LogP contribution < -0.4 is 10.2 Å². The zero-order valence-corrected chi connectivity index (χ0v) is 17.7. The first-order valence-corrected chi connectivity index (χ1v) is 10.2. The lowest BCUT2D eigenvalue weighted by Crippen LogP contribution is -2.41. The fourth-order valence-corrected chi connectivity index (χ4v) is 3.13. The smallest absolute Gasteiger partial charge is 0.478 e. The van der Waals surface area contributed by atoms with Gasteiger partial charge in [0.05, 0.1) is 17.8 Å². The van der Waals surface area contributed by atoms with E-state index in [1.54, 1.807) is 12.1 Å². The van der Waals surface area contributed by atoms with Crippen LogP contribution in [0, 0.1) is 5.95 Å². The second kappa shape index (κ2) is 9.35. The Hall–Kier alpha value is -1.18. The standard InChI is InChI=1S/C18H28BFN2O3.C2H6/c1-17(2)18(3,4)25-19(24-17)14-8-9-15(21-16(14)20)23-13-7-12-22-10-5-6-11-22;1-2/h8-9H,5-7,10-13H2,1-4H3;1-2H3. The summed E-state index contributed by atoms with van der Waals surface area (Å²) < 4.78 is 31.7. The Morgan fingerprint density at radius 3 is 2.26 bits per heavy atom. The minimum atomic E-state index is -0.748. The van der Waals surface area contributed by atoms with Crippen molar-refractivity contribution in [3.8, 4) is 5.88 Å². The first-order chi connectivity index (χ1) is 12.8. The van der Waals surface area contributed by atoms with Gasteiger partial charge in [0.1, 0.15) is 0 Å². The van der Waals surface area contributed by atoms with E-state index >= 15 is 0 Å². The molecule has 3 rings (SSSR count). The van der Waals surface area contributed by atoms with Crippen LogP contribution in [0.25, 0.3) is 0 Å². The summed E-state index contributed by atoms with van der Waals surface area (Å²) in [7, 11) is -0.748. The molecule has 2 aliphatic heterocycles. The van der Waals surface area contributed by atoms with E-state index in [-0.39, 0.29) is 0 Å². The highest BCUT2D eigenvalue weighted by molar-refractivity contribution is 6.62. The SMILES string of the molecule is CC.CC1(C)OB(c2ccc(OCCCN3CCCC3)nc2F)OC1(C)C. The molecular formula is C20H34BFN2O3. The monoisotopic (exact) mass is 380 g/mol. The maximum Gasteiger partial charge on any atom is 0.499 e. The molecule has 2 aliphatic rings. The quantitative estimate of drug-likeness (QED) is 0.430. The minimum Gasteiger partial charge on any atom is -0.478 e. The molecule has 0 radical (unpaired) electrons. The van der Waals surface area contributed by atoms with Crippen LogP contribution in [-0.4, -0.2) is 54.4 Å². The van der Waals surface area contributed by atoms with Crippen LogP contribution in [0.5, 0.6) is 5.88 Å². The zero-order chi connectivity index (χ0) is 20.1. The number of likely N-dealkylation sites (tertiary alicyclic amines) is 1. The van der Waals surface area contributed by atoms with Crippen LogP contribution in [0.4, 0.5) is 4.39 Å². The first kappa shape index (κ1) is 22.1. The molecule has 7 heteroatoms. The number of aromatic nitrogens is 1. The fraction of sp³-hybridized carbons (Fsp3) is 0.750. The molecule has 3 heterocycles. The van der Waals surface area contributed by atoms with Gasteiger partial charge in [0, 0.05) is 18.1 Å². The molecule has 2 saturated heterocycles. The van der Waals surface area contributed by atoms with Gasteiger partial charge >= 0.3 is 7.12 Å². The molecule has 0 aromatic carbocycles. The Labute approximate surface area is 163 Å². The summed E-state index contributed by atoms with van der Waals surface area (Å²) in [4.78, 5) is 6.35. The number of halogens is 1. The van der Waals surface area contributed by atoms with Gasteiger partial charge in [-0.15, -0.1) is 0 Å². The van der Waals surface area contributed by atoms with Crippen molar-refractivity contribution in [3.05, 3.63) is 18.1 Å². The average molecular weight is 380 g/mol. The van der Waals surface area contributed by atoms with Crippen LogP contribution in [0.2, 0.25) is 0 Å². The van der Waals surface area contributed by atoms with E-state index in [1.807, 2.05) is 41.5 Å². The van der Waals surface area contributed by atoms with Crippen LogP contribution >= 0.6 is 0 Å². The van der Waals surface area contributed by atoms with Gasteiger partial charge in [-0.05, 0) is 60.0 Å². The minimum absolute atomic E-state index is 0.305. The molecule has 27 heavy (non-hydrogen) atoms. The summed E-state index contributed by atoms with van der Waals surface area (Å²) >= 11 is 0. The Morgan fingerprint density at radius 2 is 1.70 bits per heavy atom. The van der Waals surface area contributed by atoms with E-state index in [1.165, 1.54) is 25.9 Å². The predicted octanol–water partition coefficient (Wildman–Crippen LogP) is 3.41. The third-order valence-corrected chi connectivity index (χ3v) is 5.43. The third kappa shape index (κ3) is 5.43. The number of hydrogen-bond acceptors (Lipinski definition) is 5. The van der Waals surface area contributed by atoms with E-state index < -0.39 is 24.3 Å². The third-order valence-electron chi connectivity index (χ3n) is 5.43. The molecule has 0 unspecified atom stereocenters. The molecule has 0 saturated carbocycles. The van der Waals surface area contributed by atoms with Gasteiger partial charge in [0.15, 0.2) is 0 Å². The summed E-state index contributed by atoms with van der Waals surface area (Å²) in [5.74, 6) is -0.297. The number of rotatable bonds is 6. The second-order valence-corrected chi connectivity index (χ2v) is 7.87. The van der Waals surface area contributed by atoms with Crippen molar-refractivity contribution in [3.63, 3.8) is 0 Å². The number of hydrogen-bond donors (Lipinski definition) is 0. The highest BCUT2D eigenvalue weighted by atomic mass is 19.1. The van der Waals surface area contributed by atoms with E-state index in [9.17, 15) is 4.39 Å². The summed E-state index contributed by atoms with van der Waals surface area (Å²) in [6, 6.07) is 3.32. The largest absolute Gasteiger partial charge is 0.499 e. The second-order valence-electron chi connectivity index (χ2n) is 7.87. The molecule has 0 amide bonds. The number of nitrogens with zero attached hydrogens (tertiary/aromatic N) is 2. The molecule has 0 aliphatic carbocycles. The lowest BCUT2D eigenvalue weighted by molar-refractivity contribution is 0.00578. The Balaban J connectivity index is 0.00000126. The van der Waals surface area contributed by atoms with Crippen molar-refractivity contribution in [1.82, 2.24) is 9.88 Å². The van der Waals surface area contributed by atoms with Crippen molar-refractivity contribution >= 4 is 12.6 Å². The zero-order valence-electron chi connectivity index (χ0n) is 17.7. The van der Waals surface area contributed by atoms with Gasteiger partial charge in [-0.3, -0.25) is 0 Å². The molecule has 0 N–H and O–H groups in total. The van der Waals surface area contributed by atoms with Crippen molar-refractivity contribution in [2.24, 2.45) is 0 Å². The van der Waals surface area contributed by atoms with Crippen LogP contribution in [0.1, 0.15) is 60.8 Å². The van der Waals surface area contributed by atoms with Gasteiger partial charge in [-0.2, -0.15) is 9.37 Å². The lowest BCUT2D eigenvalue weighted by atomic mass is 9.80. The molecule has 1 aromatic rings. The van der Waals surface area contributed by atoms with Crippen molar-refractivity contribution in [2.45, 2.75) is 72.0 Å². The Kier molecular flexibility index (Phi) is 7.66. The van der Waals surface area contributed by atoms with Crippen molar-refractivity contribution in [2.75, 3.05) is 26.2 Å². The van der Waals surface area contributed by atoms with E-state index in [0.29, 0.717) is 17.9 Å². The van der Waals surface area contributed by atoms with Crippen LogP contribution in [-0.2, 0) is 9.31 Å². The lowest BCUT2D eigenvalue weighted by Gasteiger charge is -2.32. The first-order valence-electron chi connectivity index (χ1n) is 10.2. The summed E-state index contributed by atoms with van der Waals surface area (Å²) in [6.45, 7) is 15.7. The van der Waals surface area contributed by atoms with Gasteiger partial charge < -0.3 is 18.9 Å². The summed E-state index contributed by atoms with van der Waals surface area (Å²) in [5.41, 5.74) is -0.702. The Morgan fingerprint density at radius 1 is 1.11 bits per heavy atom. The van der Waals surface area contributed by atoms with Gasteiger partial charge in [0.2, 0.25) is 11.8 Å². The van der Waals surface area contributed by atoms with E-state index in [2.05, 4.69) is 9.88 Å².